The molecule has 4 heteroatoms. The van der Waals surface area contributed by atoms with Crippen LogP contribution in [0.25, 0.3) is 16.4 Å². The van der Waals surface area contributed by atoms with Gasteiger partial charge in [0.15, 0.2) is 5.82 Å². The van der Waals surface area contributed by atoms with Crippen LogP contribution >= 0.6 is 11.3 Å². The summed E-state index contributed by atoms with van der Waals surface area (Å²) in [5.74, 6) is 0.856. The molecule has 0 aliphatic carbocycles. The van der Waals surface area contributed by atoms with Crippen molar-refractivity contribution in [3.8, 4) is 16.4 Å². The van der Waals surface area contributed by atoms with Gasteiger partial charge in [-0.3, -0.25) is 0 Å². The van der Waals surface area contributed by atoms with E-state index in [0.717, 1.165) is 17.9 Å². The Balaban J connectivity index is 1.92. The Morgan fingerprint density at radius 2 is 2.17 bits per heavy atom. The molecule has 0 aliphatic heterocycles. The van der Waals surface area contributed by atoms with Crippen LogP contribution in [0, 0.1) is 0 Å². The van der Waals surface area contributed by atoms with Gasteiger partial charge in [0.05, 0.1) is 4.88 Å². The average Bonchev–Trinajstić information content (AvgIpc) is 3.09. The second-order valence-electron chi connectivity index (χ2n) is 4.00. The van der Waals surface area contributed by atoms with E-state index in [1.807, 2.05) is 35.3 Å². The van der Waals surface area contributed by atoms with Crippen molar-refractivity contribution in [3.63, 3.8) is 0 Å². The normalized spacial score (nSPS) is 10.7. The van der Waals surface area contributed by atoms with Crippen LogP contribution in [0.4, 0.5) is 0 Å². The predicted octanol–water partition coefficient (Wildman–Crippen LogP) is 3.56. The number of hydrogen-bond acceptors (Lipinski definition) is 3. The van der Waals surface area contributed by atoms with Gasteiger partial charge in [-0.15, -0.1) is 11.3 Å². The smallest absolute Gasteiger partial charge is 0.153 e. The number of hydrogen-bond donors (Lipinski definition) is 0. The Labute approximate surface area is 110 Å². The van der Waals surface area contributed by atoms with Crippen LogP contribution in [-0.4, -0.2) is 14.8 Å². The Bertz CT molecular complexity index is 623. The van der Waals surface area contributed by atoms with Gasteiger partial charge in [0, 0.05) is 12.4 Å². The summed E-state index contributed by atoms with van der Waals surface area (Å²) in [5.41, 5.74) is 2.23. The molecular formula is C14H13N3S. The minimum atomic E-state index is 0.856. The molecule has 0 saturated carbocycles. The van der Waals surface area contributed by atoms with E-state index in [1.165, 1.54) is 10.4 Å². The quantitative estimate of drug-likeness (QED) is 0.716. The van der Waals surface area contributed by atoms with Crippen molar-refractivity contribution < 1.29 is 0 Å². The lowest BCUT2D eigenvalue weighted by Gasteiger charge is -2.01. The minimum absolute atomic E-state index is 0.856. The first-order valence-electron chi connectivity index (χ1n) is 5.91. The van der Waals surface area contributed by atoms with Gasteiger partial charge in [0.2, 0.25) is 0 Å². The lowest BCUT2D eigenvalue weighted by atomic mass is 10.2. The van der Waals surface area contributed by atoms with E-state index in [0.29, 0.717) is 0 Å². The van der Waals surface area contributed by atoms with Crippen LogP contribution < -0.4 is 0 Å². The molecule has 0 radical (unpaired) electrons. The monoisotopic (exact) mass is 255 g/mol. The van der Waals surface area contributed by atoms with Gasteiger partial charge in [-0.1, -0.05) is 19.1 Å². The molecule has 0 fully saturated rings. The molecule has 0 amide bonds. The average molecular weight is 255 g/mol. The molecule has 0 aromatic carbocycles. The fourth-order valence-corrected chi connectivity index (χ4v) is 2.46. The lowest BCUT2D eigenvalue weighted by molar-refractivity contribution is 0.847. The summed E-state index contributed by atoms with van der Waals surface area (Å²) < 4.78 is 1.81. The summed E-state index contributed by atoms with van der Waals surface area (Å²) in [6, 6.07) is 10.2. The van der Waals surface area contributed by atoms with Gasteiger partial charge in [-0.2, -0.15) is 5.10 Å². The molecule has 0 aliphatic rings. The van der Waals surface area contributed by atoms with Crippen LogP contribution in [0.5, 0.6) is 0 Å². The number of rotatable bonds is 3. The Kier molecular flexibility index (Phi) is 2.94. The largest absolute Gasteiger partial charge is 0.237 e. The third-order valence-electron chi connectivity index (χ3n) is 2.81. The van der Waals surface area contributed by atoms with E-state index in [4.69, 9.17) is 0 Å². The molecule has 3 nitrogen and oxygen atoms in total. The fourth-order valence-electron chi connectivity index (χ4n) is 1.77. The lowest BCUT2D eigenvalue weighted by Crippen LogP contribution is -1.98. The van der Waals surface area contributed by atoms with Gasteiger partial charge >= 0.3 is 0 Å². The van der Waals surface area contributed by atoms with Crippen LogP contribution in [0.2, 0.25) is 0 Å². The van der Waals surface area contributed by atoms with Gasteiger partial charge in [-0.25, -0.2) is 9.67 Å². The molecule has 0 N–H and O–H groups in total. The van der Waals surface area contributed by atoms with Gasteiger partial charge in [-0.05, 0) is 35.6 Å². The van der Waals surface area contributed by atoms with Gasteiger partial charge in [0.25, 0.3) is 0 Å². The highest BCUT2D eigenvalue weighted by atomic mass is 32.1. The van der Waals surface area contributed by atoms with E-state index in [-0.39, 0.29) is 0 Å². The highest BCUT2D eigenvalue weighted by Gasteiger charge is 2.05. The van der Waals surface area contributed by atoms with Crippen molar-refractivity contribution in [1.82, 2.24) is 14.8 Å². The highest BCUT2D eigenvalue weighted by Crippen LogP contribution is 2.23. The topological polar surface area (TPSA) is 30.7 Å². The van der Waals surface area contributed by atoms with Crippen molar-refractivity contribution >= 4 is 11.3 Å². The molecule has 0 saturated heterocycles. The van der Waals surface area contributed by atoms with Crippen molar-refractivity contribution in [2.75, 3.05) is 0 Å². The molecule has 90 valence electrons. The second-order valence-corrected chi connectivity index (χ2v) is 4.95. The molecule has 3 aromatic rings. The number of aromatic nitrogens is 3. The Hall–Kier alpha value is -1.94. The third-order valence-corrected chi connectivity index (χ3v) is 3.71. The summed E-state index contributed by atoms with van der Waals surface area (Å²) in [7, 11) is 0. The SMILES string of the molecule is CCc1ccc(-n2ccc(-c3cccs3)n2)nc1. The van der Waals surface area contributed by atoms with Crippen LogP contribution in [-0.2, 0) is 6.42 Å². The Morgan fingerprint density at radius 1 is 1.22 bits per heavy atom. The number of pyridine rings is 1. The second kappa shape index (κ2) is 4.74. The number of thiophene rings is 1. The molecule has 18 heavy (non-hydrogen) atoms. The van der Waals surface area contributed by atoms with Gasteiger partial charge < -0.3 is 0 Å². The molecule has 3 heterocycles. The zero-order valence-electron chi connectivity index (χ0n) is 10.1. The molecule has 3 rings (SSSR count). The molecule has 0 atom stereocenters. The molecule has 0 unspecified atom stereocenters. The van der Waals surface area contributed by atoms with E-state index < -0.39 is 0 Å². The van der Waals surface area contributed by atoms with E-state index in [1.54, 1.807) is 11.3 Å². The van der Waals surface area contributed by atoms with Crippen molar-refractivity contribution in [1.29, 1.82) is 0 Å². The van der Waals surface area contributed by atoms with Crippen molar-refractivity contribution in [2.45, 2.75) is 13.3 Å². The zero-order valence-corrected chi connectivity index (χ0v) is 10.9. The predicted molar refractivity (Wildman–Crippen MR) is 74.1 cm³/mol. The minimum Gasteiger partial charge on any atom is -0.237 e. The van der Waals surface area contributed by atoms with Crippen LogP contribution in [0.3, 0.4) is 0 Å². The highest BCUT2D eigenvalue weighted by molar-refractivity contribution is 7.13. The molecule has 0 spiro atoms. The first-order valence-corrected chi connectivity index (χ1v) is 6.79. The van der Waals surface area contributed by atoms with Gasteiger partial charge in [0.1, 0.15) is 5.69 Å². The number of nitrogens with zero attached hydrogens (tertiary/aromatic N) is 3. The van der Waals surface area contributed by atoms with E-state index in [2.05, 4.69) is 34.5 Å². The summed E-state index contributed by atoms with van der Waals surface area (Å²) >= 11 is 1.69. The maximum absolute atomic E-state index is 4.54. The van der Waals surface area contributed by atoms with E-state index in [9.17, 15) is 0 Å². The van der Waals surface area contributed by atoms with Crippen LogP contribution in [0.1, 0.15) is 12.5 Å². The van der Waals surface area contributed by atoms with E-state index >= 15 is 0 Å². The first kappa shape index (κ1) is 11.2. The van der Waals surface area contributed by atoms with Crippen LogP contribution in [0.15, 0.2) is 48.1 Å². The molecular weight excluding hydrogens is 242 g/mol. The number of aryl methyl sites for hydroxylation is 1. The maximum Gasteiger partial charge on any atom is 0.153 e. The summed E-state index contributed by atoms with van der Waals surface area (Å²) in [6.07, 6.45) is 4.86. The summed E-state index contributed by atoms with van der Waals surface area (Å²) in [5, 5.41) is 6.60. The first-order chi connectivity index (χ1) is 8.86. The van der Waals surface area contributed by atoms with Crippen molar-refractivity contribution in [2.24, 2.45) is 0 Å². The summed E-state index contributed by atoms with van der Waals surface area (Å²) in [4.78, 5) is 5.60. The van der Waals surface area contributed by atoms with Crippen molar-refractivity contribution in [3.05, 3.63) is 53.7 Å². The third kappa shape index (κ3) is 2.07. The molecule has 0 bridgehead atoms. The zero-order chi connectivity index (χ0) is 12.4. The molecule has 3 aromatic heterocycles. The Morgan fingerprint density at radius 3 is 2.83 bits per heavy atom. The maximum atomic E-state index is 4.54. The summed E-state index contributed by atoms with van der Waals surface area (Å²) in [6.45, 7) is 2.12. The fraction of sp³-hybridized carbons (Fsp3) is 0.143. The standard InChI is InChI=1S/C14H13N3S/c1-2-11-5-6-14(15-10-11)17-8-7-12(16-17)13-4-3-9-18-13/h3-10H,2H2,1H3.